The van der Waals surface area contributed by atoms with Gasteiger partial charge in [0.15, 0.2) is 0 Å². The van der Waals surface area contributed by atoms with Crippen molar-refractivity contribution in [3.05, 3.63) is 76.6 Å². The van der Waals surface area contributed by atoms with Crippen LogP contribution >= 0.6 is 0 Å². The van der Waals surface area contributed by atoms with Gasteiger partial charge in [0.2, 0.25) is 0 Å². The highest BCUT2D eigenvalue weighted by atomic mass is 19.4. The van der Waals surface area contributed by atoms with Crippen LogP contribution < -0.4 is 5.43 Å². The van der Waals surface area contributed by atoms with Crippen molar-refractivity contribution in [1.82, 2.24) is 9.88 Å². The van der Waals surface area contributed by atoms with Crippen LogP contribution in [-0.2, 0) is 10.9 Å². The van der Waals surface area contributed by atoms with Gasteiger partial charge in [-0.3, -0.25) is 5.43 Å². The molecule has 1 aliphatic heterocycles. The zero-order valence-corrected chi connectivity index (χ0v) is 16.9. The third-order valence-corrected chi connectivity index (χ3v) is 5.23. The fourth-order valence-corrected chi connectivity index (χ4v) is 3.73. The fourth-order valence-electron chi connectivity index (χ4n) is 3.73. The minimum Gasteiger partial charge on any atom is -0.378 e. The van der Waals surface area contributed by atoms with E-state index >= 15 is 0 Å². The predicted molar refractivity (Wildman–Crippen MR) is 114 cm³/mol. The van der Waals surface area contributed by atoms with Crippen molar-refractivity contribution in [2.24, 2.45) is 5.10 Å². The topological polar surface area (TPSA) is 49.8 Å². The van der Waals surface area contributed by atoms with Crippen molar-refractivity contribution in [2.75, 3.05) is 31.7 Å². The summed E-state index contributed by atoms with van der Waals surface area (Å²) >= 11 is 0. The molecule has 4 rings (SSSR count). The molecule has 1 aliphatic carbocycles. The average Bonchev–Trinajstić information content (AvgIpc) is 3.17. The van der Waals surface area contributed by atoms with Gasteiger partial charge in [-0.05, 0) is 47.8 Å². The molecule has 5 nitrogen and oxygen atoms in total. The van der Waals surface area contributed by atoms with Crippen LogP contribution in [0.5, 0.6) is 0 Å². The molecule has 1 saturated heterocycles. The quantitative estimate of drug-likeness (QED) is 0.540. The average molecular weight is 428 g/mol. The van der Waals surface area contributed by atoms with E-state index in [0.29, 0.717) is 13.2 Å². The van der Waals surface area contributed by atoms with Crippen LogP contribution in [0.4, 0.5) is 19.0 Å². The first kappa shape index (κ1) is 21.1. The van der Waals surface area contributed by atoms with Crippen LogP contribution in [0.3, 0.4) is 0 Å². The molecular formula is C23H23F3N4O. The molecule has 0 radical (unpaired) electrons. The maximum atomic E-state index is 12.7. The van der Waals surface area contributed by atoms with Crippen molar-refractivity contribution in [3.63, 3.8) is 0 Å². The number of anilines is 1. The molecule has 1 aromatic heterocycles. The normalized spacial score (nSPS) is 18.9. The monoisotopic (exact) mass is 428 g/mol. The summed E-state index contributed by atoms with van der Waals surface area (Å²) in [7, 11) is 0. The third-order valence-electron chi connectivity index (χ3n) is 5.23. The van der Waals surface area contributed by atoms with Gasteiger partial charge < -0.3 is 9.64 Å². The van der Waals surface area contributed by atoms with Gasteiger partial charge in [-0.25, -0.2) is 4.98 Å². The molecule has 0 bridgehead atoms. The van der Waals surface area contributed by atoms with Gasteiger partial charge in [0.05, 0.1) is 25.0 Å². The van der Waals surface area contributed by atoms with E-state index < -0.39 is 11.7 Å². The van der Waals surface area contributed by atoms with Gasteiger partial charge in [-0.1, -0.05) is 30.3 Å². The van der Waals surface area contributed by atoms with E-state index in [9.17, 15) is 13.2 Å². The second kappa shape index (κ2) is 9.34. The molecule has 2 aromatic rings. The SMILES string of the molecule is FC(F)(F)c1ccc(NN=CC2=C(N3CCOCC3)/C(=C/c3ccccc3)CC2)nc1. The predicted octanol–water partition coefficient (Wildman–Crippen LogP) is 4.96. The van der Waals surface area contributed by atoms with Crippen molar-refractivity contribution in [2.45, 2.75) is 19.0 Å². The number of nitrogens with zero attached hydrogens (tertiary/aromatic N) is 3. The number of hydrazone groups is 1. The molecule has 0 amide bonds. The molecule has 31 heavy (non-hydrogen) atoms. The first-order valence-corrected chi connectivity index (χ1v) is 10.1. The summed E-state index contributed by atoms with van der Waals surface area (Å²) in [6.45, 7) is 2.99. The van der Waals surface area contributed by atoms with Gasteiger partial charge >= 0.3 is 6.18 Å². The van der Waals surface area contributed by atoms with Crippen molar-refractivity contribution < 1.29 is 17.9 Å². The number of hydrogen-bond donors (Lipinski definition) is 1. The Balaban J connectivity index is 1.54. The molecule has 8 heteroatoms. The number of aromatic nitrogens is 1. The number of allylic oxidation sites excluding steroid dienone is 2. The zero-order chi connectivity index (χ0) is 21.7. The van der Waals surface area contributed by atoms with Crippen LogP contribution in [0.2, 0.25) is 0 Å². The summed E-state index contributed by atoms with van der Waals surface area (Å²) in [6.07, 6.45) is 2.09. The lowest BCUT2D eigenvalue weighted by molar-refractivity contribution is -0.137. The van der Waals surface area contributed by atoms with Crippen LogP contribution in [0, 0.1) is 0 Å². The van der Waals surface area contributed by atoms with E-state index in [-0.39, 0.29) is 5.82 Å². The Labute approximate surface area is 178 Å². The maximum Gasteiger partial charge on any atom is 0.417 e. The Morgan fingerprint density at radius 3 is 2.48 bits per heavy atom. The number of nitrogens with one attached hydrogen (secondary N) is 1. The van der Waals surface area contributed by atoms with Crippen LogP contribution in [0.25, 0.3) is 6.08 Å². The maximum absolute atomic E-state index is 12.7. The minimum absolute atomic E-state index is 0.260. The molecule has 0 atom stereocenters. The second-order valence-corrected chi connectivity index (χ2v) is 7.35. The molecule has 0 spiro atoms. The largest absolute Gasteiger partial charge is 0.417 e. The van der Waals surface area contributed by atoms with Gasteiger partial charge in [0, 0.05) is 25.0 Å². The number of ether oxygens (including phenoxy) is 1. The molecule has 1 N–H and O–H groups in total. The first-order valence-electron chi connectivity index (χ1n) is 10.1. The van der Waals surface area contributed by atoms with Gasteiger partial charge in [-0.2, -0.15) is 18.3 Å². The second-order valence-electron chi connectivity index (χ2n) is 7.35. The highest BCUT2D eigenvalue weighted by Gasteiger charge is 2.30. The third kappa shape index (κ3) is 5.32. The van der Waals surface area contributed by atoms with Crippen LogP contribution in [0.1, 0.15) is 24.0 Å². The van der Waals surface area contributed by atoms with E-state index in [1.54, 1.807) is 6.21 Å². The molecule has 1 fully saturated rings. The number of alkyl halides is 3. The molecule has 162 valence electrons. The number of rotatable bonds is 5. The molecule has 2 aliphatic rings. The number of benzene rings is 1. The minimum atomic E-state index is -4.40. The summed E-state index contributed by atoms with van der Waals surface area (Å²) in [5, 5.41) is 4.24. The van der Waals surface area contributed by atoms with Crippen molar-refractivity contribution in [3.8, 4) is 0 Å². The van der Waals surface area contributed by atoms with E-state index in [0.717, 1.165) is 55.0 Å². The standard InChI is InChI=1S/C23H23F3N4O/c24-23(25,26)20-8-9-21(27-16-20)29-28-15-19-7-6-18(14-17-4-2-1-3-5-17)22(19)30-10-12-31-13-11-30/h1-5,8-9,14-16H,6-7,10-13H2,(H,27,29)/b18-14+,28-15?. The summed E-state index contributed by atoms with van der Waals surface area (Å²) in [6, 6.07) is 12.4. The van der Waals surface area contributed by atoms with Crippen LogP contribution in [-0.4, -0.2) is 42.4 Å². The highest BCUT2D eigenvalue weighted by molar-refractivity contribution is 5.84. The summed E-state index contributed by atoms with van der Waals surface area (Å²) in [4.78, 5) is 6.11. The lowest BCUT2D eigenvalue weighted by Crippen LogP contribution is -2.36. The number of morpholine rings is 1. The number of halogens is 3. The molecule has 0 unspecified atom stereocenters. The summed E-state index contributed by atoms with van der Waals surface area (Å²) in [5.41, 5.74) is 6.60. The Morgan fingerprint density at radius 2 is 1.81 bits per heavy atom. The van der Waals surface area contributed by atoms with Crippen molar-refractivity contribution >= 4 is 18.1 Å². The molecular weight excluding hydrogens is 405 g/mol. The zero-order valence-electron chi connectivity index (χ0n) is 16.9. The Morgan fingerprint density at radius 1 is 1.03 bits per heavy atom. The van der Waals surface area contributed by atoms with Gasteiger partial charge in [-0.15, -0.1) is 0 Å². The Hall–Kier alpha value is -3.13. The van der Waals surface area contributed by atoms with Crippen molar-refractivity contribution in [1.29, 1.82) is 0 Å². The van der Waals surface area contributed by atoms with E-state index in [2.05, 4.69) is 38.6 Å². The lowest BCUT2D eigenvalue weighted by Gasteiger charge is -2.31. The van der Waals surface area contributed by atoms with E-state index in [1.807, 2.05) is 18.2 Å². The molecule has 2 heterocycles. The number of hydrogen-bond acceptors (Lipinski definition) is 5. The Kier molecular flexibility index (Phi) is 6.36. The summed E-state index contributed by atoms with van der Waals surface area (Å²) in [5.74, 6) is 0.260. The molecule has 1 aromatic carbocycles. The van der Waals surface area contributed by atoms with Crippen LogP contribution in [0.15, 0.2) is 70.6 Å². The Bertz CT molecular complexity index is 976. The highest BCUT2D eigenvalue weighted by Crippen LogP contribution is 2.35. The van der Waals surface area contributed by atoms with Gasteiger partial charge in [0.1, 0.15) is 5.82 Å². The smallest absolute Gasteiger partial charge is 0.378 e. The lowest BCUT2D eigenvalue weighted by atomic mass is 10.1. The van der Waals surface area contributed by atoms with E-state index in [1.165, 1.54) is 11.6 Å². The van der Waals surface area contributed by atoms with E-state index in [4.69, 9.17) is 4.74 Å². The fraction of sp³-hybridized carbons (Fsp3) is 0.304. The summed E-state index contributed by atoms with van der Waals surface area (Å²) < 4.78 is 43.5. The molecule has 0 saturated carbocycles. The number of pyridine rings is 1. The van der Waals surface area contributed by atoms with Gasteiger partial charge in [0.25, 0.3) is 0 Å². The first-order chi connectivity index (χ1) is 15.0.